The second-order valence-electron chi connectivity index (χ2n) is 6.34. The van der Waals surface area contributed by atoms with Gasteiger partial charge in [0, 0.05) is 31.1 Å². The highest BCUT2D eigenvalue weighted by Crippen LogP contribution is 2.30. The van der Waals surface area contributed by atoms with Crippen molar-refractivity contribution in [3.8, 4) is 5.75 Å². The first-order valence-corrected chi connectivity index (χ1v) is 10.8. The molecule has 0 spiro atoms. The summed E-state index contributed by atoms with van der Waals surface area (Å²) in [6.07, 6.45) is 1.58. The maximum absolute atomic E-state index is 12.9. The highest BCUT2D eigenvalue weighted by molar-refractivity contribution is 7.89. The zero-order valence-electron chi connectivity index (χ0n) is 15.1. The molecule has 27 heavy (non-hydrogen) atoms. The van der Waals surface area contributed by atoms with Crippen molar-refractivity contribution in [2.75, 3.05) is 38.2 Å². The van der Waals surface area contributed by atoms with Crippen LogP contribution in [0.2, 0.25) is 0 Å². The molecule has 1 aliphatic rings. The fourth-order valence-corrected chi connectivity index (χ4v) is 5.52. The molecule has 4 rings (SSSR count). The predicted molar refractivity (Wildman–Crippen MR) is 106 cm³/mol. The Morgan fingerprint density at radius 1 is 1.07 bits per heavy atom. The van der Waals surface area contributed by atoms with E-state index in [4.69, 9.17) is 4.74 Å². The largest absolute Gasteiger partial charge is 0.497 e. The SMILES string of the molecule is COc1ccc(S(=O)(=O)N2CCN(c3ncnc4sc(C)cc34)CC2)cc1. The molecular formula is C18H20N4O3S2. The average molecular weight is 405 g/mol. The van der Waals surface area contributed by atoms with Crippen molar-refractivity contribution in [2.45, 2.75) is 11.8 Å². The maximum Gasteiger partial charge on any atom is 0.243 e. The zero-order chi connectivity index (χ0) is 19.0. The van der Waals surface area contributed by atoms with E-state index in [9.17, 15) is 8.42 Å². The Morgan fingerprint density at radius 2 is 1.78 bits per heavy atom. The Balaban J connectivity index is 1.52. The van der Waals surface area contributed by atoms with Crippen LogP contribution >= 0.6 is 11.3 Å². The molecule has 0 unspecified atom stereocenters. The van der Waals surface area contributed by atoms with Gasteiger partial charge in [-0.15, -0.1) is 11.3 Å². The van der Waals surface area contributed by atoms with Crippen LogP contribution in [-0.4, -0.2) is 56.0 Å². The normalized spacial score (nSPS) is 16.0. The van der Waals surface area contributed by atoms with Crippen LogP contribution in [0.4, 0.5) is 5.82 Å². The molecule has 0 amide bonds. The minimum absolute atomic E-state index is 0.287. The average Bonchev–Trinajstić information content (AvgIpc) is 3.08. The Bertz CT molecular complexity index is 1060. The van der Waals surface area contributed by atoms with Crippen LogP contribution in [0.3, 0.4) is 0 Å². The lowest BCUT2D eigenvalue weighted by Crippen LogP contribution is -2.49. The van der Waals surface area contributed by atoms with Gasteiger partial charge in [-0.05, 0) is 37.3 Å². The molecule has 0 radical (unpaired) electrons. The summed E-state index contributed by atoms with van der Waals surface area (Å²) in [4.78, 5) is 13.4. The van der Waals surface area contributed by atoms with Gasteiger partial charge >= 0.3 is 0 Å². The van der Waals surface area contributed by atoms with Crippen LogP contribution in [0.1, 0.15) is 4.88 Å². The Hall–Kier alpha value is -2.23. The number of fused-ring (bicyclic) bond motifs is 1. The van der Waals surface area contributed by atoms with Gasteiger partial charge in [0.2, 0.25) is 10.0 Å². The Morgan fingerprint density at radius 3 is 2.44 bits per heavy atom. The van der Waals surface area contributed by atoms with Gasteiger partial charge in [0.05, 0.1) is 17.4 Å². The highest BCUT2D eigenvalue weighted by atomic mass is 32.2. The molecule has 0 aliphatic carbocycles. The van der Waals surface area contributed by atoms with E-state index in [1.54, 1.807) is 49.0 Å². The molecule has 1 aromatic carbocycles. The molecule has 1 saturated heterocycles. The number of benzene rings is 1. The number of anilines is 1. The van der Waals surface area contributed by atoms with Crippen LogP contribution in [0.5, 0.6) is 5.75 Å². The number of piperazine rings is 1. The predicted octanol–water partition coefficient (Wildman–Crippen LogP) is 2.52. The van der Waals surface area contributed by atoms with Crippen molar-refractivity contribution in [1.82, 2.24) is 14.3 Å². The molecule has 3 heterocycles. The number of hydrogen-bond donors (Lipinski definition) is 0. The monoisotopic (exact) mass is 404 g/mol. The molecule has 9 heteroatoms. The molecule has 2 aromatic heterocycles. The second-order valence-corrected chi connectivity index (χ2v) is 9.51. The van der Waals surface area contributed by atoms with Crippen LogP contribution in [0, 0.1) is 6.92 Å². The summed E-state index contributed by atoms with van der Waals surface area (Å²) < 4.78 is 32.4. The van der Waals surface area contributed by atoms with Gasteiger partial charge in [-0.1, -0.05) is 0 Å². The van der Waals surface area contributed by atoms with Gasteiger partial charge in [-0.2, -0.15) is 4.31 Å². The summed E-state index contributed by atoms with van der Waals surface area (Å²) in [7, 11) is -1.95. The van der Waals surface area contributed by atoms with Gasteiger partial charge in [-0.25, -0.2) is 18.4 Å². The third kappa shape index (κ3) is 3.38. The molecule has 1 fully saturated rings. The smallest absolute Gasteiger partial charge is 0.243 e. The summed E-state index contributed by atoms with van der Waals surface area (Å²) in [6, 6.07) is 8.60. The minimum atomic E-state index is -3.51. The number of aryl methyl sites for hydroxylation is 1. The summed E-state index contributed by atoms with van der Waals surface area (Å²) in [6.45, 7) is 4.08. The fourth-order valence-electron chi connectivity index (χ4n) is 3.25. The molecule has 1 aliphatic heterocycles. The lowest BCUT2D eigenvalue weighted by molar-refractivity contribution is 0.384. The van der Waals surface area contributed by atoms with Gasteiger partial charge in [-0.3, -0.25) is 0 Å². The third-order valence-electron chi connectivity index (χ3n) is 4.67. The number of methoxy groups -OCH3 is 1. The lowest BCUT2D eigenvalue weighted by Gasteiger charge is -2.34. The molecule has 0 atom stereocenters. The first kappa shape index (κ1) is 18.1. The van der Waals surface area contributed by atoms with Crippen LogP contribution in [0.15, 0.2) is 41.6 Å². The number of thiophene rings is 1. The van der Waals surface area contributed by atoms with Crippen LogP contribution in [0.25, 0.3) is 10.2 Å². The number of hydrogen-bond acceptors (Lipinski definition) is 7. The second kappa shape index (κ2) is 7.06. The molecule has 7 nitrogen and oxygen atoms in total. The van der Waals surface area contributed by atoms with E-state index < -0.39 is 10.0 Å². The van der Waals surface area contributed by atoms with Crippen LogP contribution < -0.4 is 9.64 Å². The quantitative estimate of drug-likeness (QED) is 0.665. The molecule has 142 valence electrons. The van der Waals surface area contributed by atoms with E-state index in [-0.39, 0.29) is 4.90 Å². The van der Waals surface area contributed by atoms with E-state index in [2.05, 4.69) is 27.9 Å². The summed E-state index contributed by atoms with van der Waals surface area (Å²) >= 11 is 1.64. The topological polar surface area (TPSA) is 75.6 Å². The number of ether oxygens (including phenoxy) is 1. The standard InChI is InChI=1S/C18H20N4O3S2/c1-13-11-16-17(19-12-20-18(16)26-13)21-7-9-22(10-8-21)27(23,24)15-5-3-14(25-2)4-6-15/h3-6,11-12H,7-10H2,1-2H3. The summed E-state index contributed by atoms with van der Waals surface area (Å²) in [5.74, 6) is 1.52. The van der Waals surface area contributed by atoms with E-state index in [0.29, 0.717) is 31.9 Å². The van der Waals surface area contributed by atoms with Crippen molar-refractivity contribution in [3.63, 3.8) is 0 Å². The van der Waals surface area contributed by atoms with Crippen LogP contribution in [-0.2, 0) is 10.0 Å². The van der Waals surface area contributed by atoms with Gasteiger partial charge in [0.15, 0.2) is 0 Å². The van der Waals surface area contributed by atoms with Crippen molar-refractivity contribution >= 4 is 37.4 Å². The minimum Gasteiger partial charge on any atom is -0.497 e. The van der Waals surface area contributed by atoms with Crippen molar-refractivity contribution in [3.05, 3.63) is 41.5 Å². The number of rotatable bonds is 4. The first-order chi connectivity index (χ1) is 13.0. The van der Waals surface area contributed by atoms with Gasteiger partial charge in [0.25, 0.3) is 0 Å². The Kier molecular flexibility index (Phi) is 4.75. The number of sulfonamides is 1. The summed E-state index contributed by atoms with van der Waals surface area (Å²) in [5.41, 5.74) is 0. The third-order valence-corrected chi connectivity index (χ3v) is 7.54. The van der Waals surface area contributed by atoms with Crippen molar-refractivity contribution < 1.29 is 13.2 Å². The molecule has 0 saturated carbocycles. The maximum atomic E-state index is 12.9. The van der Waals surface area contributed by atoms with E-state index in [1.807, 2.05) is 0 Å². The summed E-state index contributed by atoms with van der Waals surface area (Å²) in [5, 5.41) is 1.03. The van der Waals surface area contributed by atoms with Crippen molar-refractivity contribution in [2.24, 2.45) is 0 Å². The van der Waals surface area contributed by atoms with E-state index >= 15 is 0 Å². The van der Waals surface area contributed by atoms with E-state index in [1.165, 1.54) is 9.18 Å². The highest BCUT2D eigenvalue weighted by Gasteiger charge is 2.29. The zero-order valence-corrected chi connectivity index (χ0v) is 16.8. The molecule has 0 N–H and O–H groups in total. The molecule has 3 aromatic rings. The lowest BCUT2D eigenvalue weighted by atomic mass is 10.3. The molecule has 0 bridgehead atoms. The van der Waals surface area contributed by atoms with Crippen molar-refractivity contribution in [1.29, 1.82) is 0 Å². The number of nitrogens with zero attached hydrogens (tertiary/aromatic N) is 4. The molecular weight excluding hydrogens is 384 g/mol. The Labute approximate surface area is 162 Å². The van der Waals surface area contributed by atoms with E-state index in [0.717, 1.165) is 16.0 Å². The van der Waals surface area contributed by atoms with Gasteiger partial charge in [0.1, 0.15) is 22.7 Å². The van der Waals surface area contributed by atoms with Gasteiger partial charge < -0.3 is 9.64 Å². The first-order valence-electron chi connectivity index (χ1n) is 8.59. The fraction of sp³-hybridized carbons (Fsp3) is 0.333. The number of aromatic nitrogens is 2.